The molecule has 0 radical (unpaired) electrons. The van der Waals surface area contributed by atoms with Crippen LogP contribution in [0.25, 0.3) is 10.9 Å². The molecule has 1 heterocycles. The minimum Gasteiger partial charge on any atom is -0.249 e. The van der Waals surface area contributed by atoms with E-state index in [1.165, 1.54) is 23.4 Å². The third-order valence-electron chi connectivity index (χ3n) is 3.42. The van der Waals surface area contributed by atoms with Crippen LogP contribution >= 0.6 is 47.0 Å². The van der Waals surface area contributed by atoms with Gasteiger partial charge in [0, 0.05) is 16.0 Å². The second-order valence-electron chi connectivity index (χ2n) is 5.05. The Balaban J connectivity index is 2.04. The monoisotopic (exact) mass is 452 g/mol. The number of hydrogen-bond donors (Lipinski definition) is 0. The van der Waals surface area contributed by atoms with Gasteiger partial charge < -0.3 is 0 Å². The Morgan fingerprint density at radius 3 is 2.70 bits per heavy atom. The maximum Gasteiger partial charge on any atom is 0.133 e. The number of hydrogen-bond acceptors (Lipinski definition) is 4. The van der Waals surface area contributed by atoms with Gasteiger partial charge in [0.05, 0.1) is 5.52 Å². The van der Waals surface area contributed by atoms with E-state index in [0.717, 1.165) is 21.6 Å². The molecule has 0 amide bonds. The summed E-state index contributed by atoms with van der Waals surface area (Å²) in [6.45, 7) is 2.08. The van der Waals surface area contributed by atoms with Crippen LogP contribution < -0.4 is 0 Å². The van der Waals surface area contributed by atoms with Crippen molar-refractivity contribution in [2.75, 3.05) is 0 Å². The number of fused-ring (bicyclic) bond motifs is 1. The minimum absolute atomic E-state index is 0.592. The zero-order valence-corrected chi connectivity index (χ0v) is 16.1. The molecular formula is C17H13IN2OS2. The summed E-state index contributed by atoms with van der Waals surface area (Å²) < 4.78 is 7.03. The number of aryl methyl sites for hydroxylation is 1. The van der Waals surface area contributed by atoms with Gasteiger partial charge in [-0.15, -0.1) is 11.8 Å². The maximum atomic E-state index is 9.37. The van der Waals surface area contributed by atoms with Gasteiger partial charge in [0.2, 0.25) is 0 Å². The van der Waals surface area contributed by atoms with Crippen molar-refractivity contribution in [1.82, 2.24) is 3.97 Å². The standard InChI is InChI=1S/C17H13IN2OS2/c1-12-7-14-9-15(10-19)20(23-21-18)17(14)16(8-12)22-11-13-5-3-2-4-6-13/h2-9H,11H2,1H3. The molecule has 23 heavy (non-hydrogen) atoms. The van der Waals surface area contributed by atoms with Crippen LogP contribution in [0.3, 0.4) is 0 Å². The number of aromatic nitrogens is 1. The van der Waals surface area contributed by atoms with E-state index in [1.54, 1.807) is 11.8 Å². The van der Waals surface area contributed by atoms with Crippen LogP contribution in [-0.4, -0.2) is 3.97 Å². The van der Waals surface area contributed by atoms with Crippen LogP contribution in [-0.2, 0) is 8.27 Å². The number of halogens is 1. The molecule has 0 aliphatic heterocycles. The lowest BCUT2D eigenvalue weighted by Gasteiger charge is -2.09. The molecule has 3 aromatic rings. The molecule has 1 aromatic heterocycles. The van der Waals surface area contributed by atoms with Crippen molar-refractivity contribution in [2.45, 2.75) is 17.6 Å². The van der Waals surface area contributed by atoms with Gasteiger partial charge >= 0.3 is 0 Å². The third-order valence-corrected chi connectivity index (χ3v) is 5.58. The van der Waals surface area contributed by atoms with Gasteiger partial charge in [-0.05, 0) is 36.2 Å². The zero-order valence-electron chi connectivity index (χ0n) is 12.3. The molecule has 0 N–H and O–H groups in total. The van der Waals surface area contributed by atoms with Crippen molar-refractivity contribution in [3.05, 3.63) is 65.4 Å². The Morgan fingerprint density at radius 1 is 1.22 bits per heavy atom. The van der Waals surface area contributed by atoms with Crippen LogP contribution in [0.2, 0.25) is 0 Å². The summed E-state index contributed by atoms with van der Waals surface area (Å²) in [6.07, 6.45) is 0. The molecule has 3 nitrogen and oxygen atoms in total. The highest BCUT2D eigenvalue weighted by atomic mass is 127. The Kier molecular flexibility index (Phi) is 5.54. The summed E-state index contributed by atoms with van der Waals surface area (Å²) in [5, 5.41) is 10.4. The first-order chi connectivity index (χ1) is 11.2. The summed E-state index contributed by atoms with van der Waals surface area (Å²) >= 11 is 4.78. The Labute approximate surface area is 158 Å². The molecule has 0 atom stereocenters. The van der Waals surface area contributed by atoms with Crippen LogP contribution in [0.5, 0.6) is 0 Å². The lowest BCUT2D eigenvalue weighted by atomic mass is 10.2. The molecule has 0 saturated carbocycles. The van der Waals surface area contributed by atoms with E-state index in [-0.39, 0.29) is 0 Å². The molecule has 0 spiro atoms. The number of thioether (sulfide) groups is 1. The highest BCUT2D eigenvalue weighted by molar-refractivity contribution is 14.1. The predicted molar refractivity (Wildman–Crippen MR) is 105 cm³/mol. The van der Waals surface area contributed by atoms with Crippen LogP contribution in [0.4, 0.5) is 0 Å². The van der Waals surface area contributed by atoms with Gasteiger partial charge in [-0.2, -0.15) is 5.26 Å². The van der Waals surface area contributed by atoms with Gasteiger partial charge in [0.15, 0.2) is 0 Å². The average Bonchev–Trinajstić information content (AvgIpc) is 2.91. The SMILES string of the molecule is Cc1cc(SCc2ccccc2)c2c(c1)cc(C#N)n2SOI. The predicted octanol–water partition coefficient (Wildman–Crippen LogP) is 5.89. The molecule has 0 bridgehead atoms. The zero-order chi connectivity index (χ0) is 16.2. The first-order valence-electron chi connectivity index (χ1n) is 6.91. The normalized spacial score (nSPS) is 10.8. The summed E-state index contributed by atoms with van der Waals surface area (Å²) in [4.78, 5) is 1.16. The van der Waals surface area contributed by atoms with Crippen LogP contribution in [0, 0.1) is 18.3 Å². The summed E-state index contributed by atoms with van der Waals surface area (Å²) in [6, 6.07) is 18.8. The first-order valence-corrected chi connectivity index (χ1v) is 9.48. The van der Waals surface area contributed by atoms with E-state index < -0.39 is 0 Å². The fraction of sp³-hybridized carbons (Fsp3) is 0.118. The Bertz CT molecular complexity index is 872. The number of nitrogens with zero attached hydrogens (tertiary/aromatic N) is 2. The second-order valence-corrected chi connectivity index (χ2v) is 7.78. The second kappa shape index (κ2) is 7.62. The van der Waals surface area contributed by atoms with Gasteiger partial charge in [0.1, 0.15) is 47.0 Å². The molecule has 2 aromatic carbocycles. The third kappa shape index (κ3) is 3.69. The smallest absolute Gasteiger partial charge is 0.133 e. The van der Waals surface area contributed by atoms with E-state index in [2.05, 4.69) is 49.4 Å². The van der Waals surface area contributed by atoms with E-state index in [1.807, 2.05) is 39.1 Å². The lowest BCUT2D eigenvalue weighted by Crippen LogP contribution is -1.92. The van der Waals surface area contributed by atoms with E-state index in [0.29, 0.717) is 5.69 Å². The van der Waals surface area contributed by atoms with Crippen molar-refractivity contribution >= 4 is 57.9 Å². The highest BCUT2D eigenvalue weighted by Gasteiger charge is 2.15. The lowest BCUT2D eigenvalue weighted by molar-refractivity contribution is 0.829. The van der Waals surface area contributed by atoms with E-state index in [9.17, 15) is 5.26 Å². The first kappa shape index (κ1) is 16.7. The molecule has 0 fully saturated rings. The number of nitriles is 1. The quantitative estimate of drug-likeness (QED) is 0.275. The molecular weight excluding hydrogens is 439 g/mol. The summed E-state index contributed by atoms with van der Waals surface area (Å²) in [7, 11) is 0. The maximum absolute atomic E-state index is 9.37. The number of benzene rings is 2. The molecule has 116 valence electrons. The fourth-order valence-corrected chi connectivity index (χ4v) is 4.63. The van der Waals surface area contributed by atoms with E-state index in [4.69, 9.17) is 2.51 Å². The molecule has 6 heteroatoms. The molecule has 0 unspecified atom stereocenters. The van der Waals surface area contributed by atoms with Crippen molar-refractivity contribution in [2.24, 2.45) is 0 Å². The fourth-order valence-electron chi connectivity index (χ4n) is 2.46. The topological polar surface area (TPSA) is 38.0 Å². The summed E-state index contributed by atoms with van der Waals surface area (Å²) in [5.74, 6) is 0.891. The van der Waals surface area contributed by atoms with Gasteiger partial charge in [-0.3, -0.25) is 0 Å². The minimum atomic E-state index is 0.592. The van der Waals surface area contributed by atoms with Crippen molar-refractivity contribution in [1.29, 1.82) is 5.26 Å². The van der Waals surface area contributed by atoms with Crippen molar-refractivity contribution in [3.63, 3.8) is 0 Å². The van der Waals surface area contributed by atoms with Crippen LogP contribution in [0.15, 0.2) is 53.4 Å². The van der Waals surface area contributed by atoms with Gasteiger partial charge in [0.25, 0.3) is 0 Å². The van der Waals surface area contributed by atoms with Crippen molar-refractivity contribution in [3.8, 4) is 6.07 Å². The molecule has 0 saturated heterocycles. The van der Waals surface area contributed by atoms with Crippen LogP contribution in [0.1, 0.15) is 16.8 Å². The average molecular weight is 452 g/mol. The largest absolute Gasteiger partial charge is 0.249 e. The highest BCUT2D eigenvalue weighted by Crippen LogP contribution is 2.36. The van der Waals surface area contributed by atoms with E-state index >= 15 is 0 Å². The van der Waals surface area contributed by atoms with Crippen molar-refractivity contribution < 1.29 is 2.51 Å². The summed E-state index contributed by atoms with van der Waals surface area (Å²) in [5.41, 5.74) is 4.10. The molecule has 0 aliphatic rings. The number of rotatable bonds is 5. The van der Waals surface area contributed by atoms with Gasteiger partial charge in [-0.1, -0.05) is 30.3 Å². The molecule has 3 rings (SSSR count). The molecule has 0 aliphatic carbocycles. The van der Waals surface area contributed by atoms with Gasteiger partial charge in [-0.25, -0.2) is 6.48 Å². The Morgan fingerprint density at radius 2 is 2.00 bits per heavy atom. The Hall–Kier alpha value is -1.14.